The fraction of sp³-hybridized carbons (Fsp3) is 0.125. The van der Waals surface area contributed by atoms with Crippen LogP contribution in [-0.2, 0) is 0 Å². The Kier molecular flexibility index (Phi) is 3.31. The van der Waals surface area contributed by atoms with Gasteiger partial charge >= 0.3 is 11.6 Å². The number of ketones is 1. The molecule has 0 aliphatic heterocycles. The first-order valence-corrected chi connectivity index (χ1v) is 4.38. The molecule has 0 saturated heterocycles. The van der Waals surface area contributed by atoms with Gasteiger partial charge in [-0.05, 0) is 0 Å². The third-order valence-corrected chi connectivity index (χ3v) is 2.10. The van der Waals surface area contributed by atoms with Crippen LogP contribution in [0.2, 0.25) is 0 Å². The first-order chi connectivity index (χ1) is 8.35. The molecular formula is C8H5N3O7. The van der Waals surface area contributed by atoms with E-state index in [1.54, 1.807) is 0 Å². The molecule has 0 atom stereocenters. The fourth-order valence-corrected chi connectivity index (χ4v) is 1.23. The number of nitrogens with zero attached hydrogens (tertiary/aromatic N) is 3. The van der Waals surface area contributed by atoms with E-state index in [0.29, 0.717) is 0 Å². The quantitative estimate of drug-likeness (QED) is 0.319. The molecule has 0 heterocycles. The topological polar surface area (TPSA) is 146 Å². The first kappa shape index (κ1) is 13.2. The molecular weight excluding hydrogens is 250 g/mol. The summed E-state index contributed by atoms with van der Waals surface area (Å²) in [5, 5.41) is 31.9. The van der Waals surface area contributed by atoms with Crippen molar-refractivity contribution in [2.45, 2.75) is 5.79 Å². The molecule has 1 rings (SSSR count). The molecule has 10 heteroatoms. The van der Waals surface area contributed by atoms with Gasteiger partial charge in [0.2, 0.25) is 0 Å². The number of carbonyl (C=O) groups is 1. The van der Waals surface area contributed by atoms with Gasteiger partial charge in [-0.2, -0.15) is 0 Å². The number of benzene rings is 1. The lowest BCUT2D eigenvalue weighted by atomic mass is 10.1. The van der Waals surface area contributed by atoms with Crippen molar-refractivity contribution in [3.8, 4) is 0 Å². The maximum atomic E-state index is 11.7. The van der Waals surface area contributed by atoms with Crippen molar-refractivity contribution in [1.82, 2.24) is 0 Å². The van der Waals surface area contributed by atoms with E-state index >= 15 is 0 Å². The standard InChI is InChI=1S/C8H5N3O7/c12-7(6-4-2-1-3-5-6)8(9(13)14,10(15)16)11(17)18/h1-5H. The second-order valence-electron chi connectivity index (χ2n) is 3.10. The molecule has 0 spiro atoms. The minimum atomic E-state index is -4.11. The molecule has 1 aromatic rings. The summed E-state index contributed by atoms with van der Waals surface area (Å²) in [5.74, 6) is -5.91. The highest BCUT2D eigenvalue weighted by Crippen LogP contribution is 2.19. The van der Waals surface area contributed by atoms with Gasteiger partial charge in [-0.1, -0.05) is 30.3 Å². The van der Waals surface area contributed by atoms with Gasteiger partial charge in [0.1, 0.15) is 0 Å². The Balaban J connectivity index is 3.46. The molecule has 0 N–H and O–H groups in total. The lowest BCUT2D eigenvalue weighted by Crippen LogP contribution is -2.59. The SMILES string of the molecule is O=C(c1ccccc1)C([N+](=O)[O-])([N+](=O)[O-])[N+](=O)[O-]. The Morgan fingerprint density at radius 3 is 1.61 bits per heavy atom. The number of nitro groups is 3. The van der Waals surface area contributed by atoms with Crippen LogP contribution in [0.5, 0.6) is 0 Å². The highest BCUT2D eigenvalue weighted by Gasteiger charge is 2.78. The van der Waals surface area contributed by atoms with Gasteiger partial charge in [-0.25, -0.2) is 0 Å². The molecule has 0 unspecified atom stereocenters. The van der Waals surface area contributed by atoms with Gasteiger partial charge in [-0.3, -0.25) is 35.1 Å². The molecule has 0 radical (unpaired) electrons. The van der Waals surface area contributed by atoms with E-state index in [9.17, 15) is 35.1 Å². The summed E-state index contributed by atoms with van der Waals surface area (Å²) in [4.78, 5) is 38.1. The summed E-state index contributed by atoms with van der Waals surface area (Å²) in [7, 11) is 0. The molecule has 0 fully saturated rings. The molecule has 0 aliphatic rings. The van der Waals surface area contributed by atoms with Gasteiger partial charge in [0.15, 0.2) is 14.8 Å². The second kappa shape index (κ2) is 4.53. The van der Waals surface area contributed by atoms with Crippen molar-refractivity contribution < 1.29 is 19.6 Å². The van der Waals surface area contributed by atoms with Crippen LogP contribution in [0.3, 0.4) is 0 Å². The lowest BCUT2D eigenvalue weighted by molar-refractivity contribution is -0.946. The molecule has 0 bridgehead atoms. The minimum Gasteiger partial charge on any atom is -0.268 e. The summed E-state index contributed by atoms with van der Waals surface area (Å²) in [6.45, 7) is 0. The molecule has 18 heavy (non-hydrogen) atoms. The predicted molar refractivity (Wildman–Crippen MR) is 54.5 cm³/mol. The monoisotopic (exact) mass is 255 g/mol. The molecule has 0 saturated carbocycles. The van der Waals surface area contributed by atoms with Crippen LogP contribution < -0.4 is 0 Å². The van der Waals surface area contributed by atoms with Gasteiger partial charge in [0.05, 0.1) is 0 Å². The van der Waals surface area contributed by atoms with Crippen LogP contribution in [-0.4, -0.2) is 26.3 Å². The van der Waals surface area contributed by atoms with Crippen molar-refractivity contribution in [1.29, 1.82) is 0 Å². The number of rotatable bonds is 5. The Hall–Kier alpha value is -2.91. The highest BCUT2D eigenvalue weighted by atomic mass is 16.7. The van der Waals surface area contributed by atoms with Gasteiger partial charge in [-0.15, -0.1) is 0 Å². The van der Waals surface area contributed by atoms with Crippen LogP contribution in [0.25, 0.3) is 0 Å². The molecule has 0 amide bonds. The third-order valence-electron chi connectivity index (χ3n) is 2.10. The normalized spacial score (nSPS) is 10.7. The summed E-state index contributed by atoms with van der Waals surface area (Å²) in [6, 6.07) is 6.04. The molecule has 0 aromatic heterocycles. The van der Waals surface area contributed by atoms with Crippen LogP contribution in [0.15, 0.2) is 30.3 Å². The molecule has 1 aromatic carbocycles. The van der Waals surface area contributed by atoms with E-state index in [1.165, 1.54) is 18.2 Å². The van der Waals surface area contributed by atoms with Gasteiger partial charge in [0, 0.05) is 5.56 Å². The lowest BCUT2D eigenvalue weighted by Gasteiger charge is -2.07. The van der Waals surface area contributed by atoms with Gasteiger partial charge < -0.3 is 0 Å². The maximum Gasteiger partial charge on any atom is 0.766 e. The van der Waals surface area contributed by atoms with Crippen LogP contribution in [0.1, 0.15) is 10.4 Å². The van der Waals surface area contributed by atoms with Crippen LogP contribution >= 0.6 is 0 Å². The Morgan fingerprint density at radius 1 is 0.889 bits per heavy atom. The van der Waals surface area contributed by atoms with E-state index in [0.717, 1.165) is 12.1 Å². The zero-order chi connectivity index (χ0) is 13.9. The van der Waals surface area contributed by atoms with E-state index in [1.807, 2.05) is 0 Å². The summed E-state index contributed by atoms with van der Waals surface area (Å²) in [5.41, 5.74) is -0.484. The zero-order valence-electron chi connectivity index (χ0n) is 8.59. The van der Waals surface area contributed by atoms with E-state index < -0.39 is 31.9 Å². The number of hydrogen-bond donors (Lipinski definition) is 0. The molecule has 0 aliphatic carbocycles. The van der Waals surface area contributed by atoms with Crippen LogP contribution in [0, 0.1) is 30.3 Å². The van der Waals surface area contributed by atoms with Crippen molar-refractivity contribution in [2.24, 2.45) is 0 Å². The predicted octanol–water partition coefficient (Wildman–Crippen LogP) is 0.353. The first-order valence-electron chi connectivity index (χ1n) is 4.38. The number of hydrogen-bond acceptors (Lipinski definition) is 7. The maximum absolute atomic E-state index is 11.7. The van der Waals surface area contributed by atoms with E-state index in [2.05, 4.69) is 0 Å². The highest BCUT2D eigenvalue weighted by molar-refractivity contribution is 5.99. The molecule has 10 nitrogen and oxygen atoms in total. The second-order valence-corrected chi connectivity index (χ2v) is 3.10. The fourth-order valence-electron chi connectivity index (χ4n) is 1.23. The van der Waals surface area contributed by atoms with Crippen molar-refractivity contribution >= 4 is 5.78 Å². The van der Waals surface area contributed by atoms with E-state index in [-0.39, 0.29) is 0 Å². The van der Waals surface area contributed by atoms with E-state index in [4.69, 9.17) is 0 Å². The summed E-state index contributed by atoms with van der Waals surface area (Å²) in [6.07, 6.45) is 0. The van der Waals surface area contributed by atoms with Crippen LogP contribution in [0.4, 0.5) is 0 Å². The van der Waals surface area contributed by atoms with Crippen molar-refractivity contribution in [3.05, 3.63) is 66.2 Å². The van der Waals surface area contributed by atoms with Crippen molar-refractivity contribution in [3.63, 3.8) is 0 Å². The largest absolute Gasteiger partial charge is 0.766 e. The average Bonchev–Trinajstić information content (AvgIpc) is 2.29. The molecule has 94 valence electrons. The smallest absolute Gasteiger partial charge is 0.268 e. The number of Topliss-reactive ketones (excluding diaryl/α,β-unsaturated/α-hetero) is 1. The average molecular weight is 255 g/mol. The third kappa shape index (κ3) is 1.75. The Labute approximate surface area is 98.3 Å². The Bertz CT molecular complexity index is 491. The zero-order valence-corrected chi connectivity index (χ0v) is 8.59. The Morgan fingerprint density at radius 2 is 1.28 bits per heavy atom. The van der Waals surface area contributed by atoms with Gasteiger partial charge in [0.25, 0.3) is 0 Å². The summed E-state index contributed by atoms with van der Waals surface area (Å²) < 4.78 is 0. The summed E-state index contributed by atoms with van der Waals surface area (Å²) >= 11 is 0. The van der Waals surface area contributed by atoms with Crippen molar-refractivity contribution in [2.75, 3.05) is 0 Å². The number of carbonyl (C=O) groups excluding carboxylic acids is 1. The minimum absolute atomic E-state index is 0.484.